The monoisotopic (exact) mass is 278 g/mol. The lowest BCUT2D eigenvalue weighted by atomic mass is 9.88. The second kappa shape index (κ2) is 5.40. The number of hydrogen-bond acceptors (Lipinski definition) is 4. The van der Waals surface area contributed by atoms with E-state index in [4.69, 9.17) is 9.47 Å². The Bertz CT molecular complexity index is 544. The summed E-state index contributed by atoms with van der Waals surface area (Å²) < 4.78 is 10.4. The van der Waals surface area contributed by atoms with Crippen molar-refractivity contribution in [3.05, 3.63) is 23.8 Å². The quantitative estimate of drug-likeness (QED) is 0.794. The van der Waals surface area contributed by atoms with E-state index in [1.54, 1.807) is 20.3 Å². The summed E-state index contributed by atoms with van der Waals surface area (Å²) in [5.41, 5.74) is -0.00158. The molecule has 1 aromatic carbocycles. The van der Waals surface area contributed by atoms with Crippen LogP contribution in [0.2, 0.25) is 0 Å². The second-order valence-corrected chi connectivity index (χ2v) is 4.71. The van der Waals surface area contributed by atoms with Crippen LogP contribution in [0.25, 0.3) is 0 Å². The van der Waals surface area contributed by atoms with E-state index < -0.39 is 11.6 Å². The van der Waals surface area contributed by atoms with E-state index in [1.165, 1.54) is 0 Å². The minimum Gasteiger partial charge on any atom is -0.493 e. The molecule has 20 heavy (non-hydrogen) atoms. The fraction of sp³-hybridized carbons (Fsp3) is 0.429. The zero-order chi connectivity index (χ0) is 14.8. The highest BCUT2D eigenvalue weighted by Crippen LogP contribution is 2.30. The molecule has 2 rings (SSSR count). The molecule has 1 unspecified atom stereocenters. The fourth-order valence-corrected chi connectivity index (χ4v) is 2.37. The van der Waals surface area contributed by atoms with Gasteiger partial charge in [0.2, 0.25) is 0 Å². The van der Waals surface area contributed by atoms with E-state index in [2.05, 4.69) is 10.6 Å². The van der Waals surface area contributed by atoms with Gasteiger partial charge in [0.05, 0.1) is 14.2 Å². The van der Waals surface area contributed by atoms with Gasteiger partial charge in [-0.15, -0.1) is 0 Å². The maximum Gasteiger partial charge on any atom is 0.322 e. The van der Waals surface area contributed by atoms with E-state index in [-0.39, 0.29) is 5.91 Å². The van der Waals surface area contributed by atoms with Crippen molar-refractivity contribution in [3.8, 4) is 11.5 Å². The molecule has 108 valence electrons. The van der Waals surface area contributed by atoms with Crippen LogP contribution in [0, 0.1) is 0 Å². The van der Waals surface area contributed by atoms with Crippen LogP contribution in [0.4, 0.5) is 4.79 Å². The molecule has 1 aliphatic heterocycles. The molecule has 0 spiro atoms. The molecule has 6 nitrogen and oxygen atoms in total. The molecule has 0 aromatic heterocycles. The number of amides is 3. The molecular formula is C14H18N2O4. The number of ether oxygens (including phenoxy) is 2. The highest BCUT2D eigenvalue weighted by atomic mass is 16.5. The van der Waals surface area contributed by atoms with E-state index in [1.807, 2.05) is 19.1 Å². The zero-order valence-electron chi connectivity index (χ0n) is 11.8. The van der Waals surface area contributed by atoms with Crippen LogP contribution in [0.15, 0.2) is 18.2 Å². The molecule has 1 saturated heterocycles. The second-order valence-electron chi connectivity index (χ2n) is 4.71. The molecule has 0 bridgehead atoms. The highest BCUT2D eigenvalue weighted by Gasteiger charge is 2.44. The van der Waals surface area contributed by atoms with E-state index in [0.29, 0.717) is 24.3 Å². The number of carbonyl (C=O) groups is 2. The van der Waals surface area contributed by atoms with Crippen molar-refractivity contribution >= 4 is 11.9 Å². The first-order chi connectivity index (χ1) is 9.54. The normalized spacial score (nSPS) is 21.4. The Morgan fingerprint density at radius 2 is 1.85 bits per heavy atom. The van der Waals surface area contributed by atoms with Crippen molar-refractivity contribution in [2.24, 2.45) is 0 Å². The average Bonchev–Trinajstić information content (AvgIpc) is 2.73. The van der Waals surface area contributed by atoms with Crippen LogP contribution < -0.4 is 20.1 Å². The maximum atomic E-state index is 12.0. The number of urea groups is 1. The predicted molar refractivity (Wildman–Crippen MR) is 72.9 cm³/mol. The maximum absolute atomic E-state index is 12.0. The van der Waals surface area contributed by atoms with E-state index in [0.717, 1.165) is 5.56 Å². The first-order valence-corrected chi connectivity index (χ1v) is 6.39. The topological polar surface area (TPSA) is 76.7 Å². The van der Waals surface area contributed by atoms with E-state index >= 15 is 0 Å². The summed E-state index contributed by atoms with van der Waals surface area (Å²) >= 11 is 0. The lowest BCUT2D eigenvalue weighted by molar-refractivity contribution is -0.124. The van der Waals surface area contributed by atoms with Crippen molar-refractivity contribution in [3.63, 3.8) is 0 Å². The average molecular weight is 278 g/mol. The first-order valence-electron chi connectivity index (χ1n) is 6.39. The van der Waals surface area contributed by atoms with Crippen molar-refractivity contribution in [1.29, 1.82) is 0 Å². The SMILES string of the molecule is CCC1(Cc2ccc(OC)c(OC)c2)NC(=O)NC1=O. The van der Waals surface area contributed by atoms with Crippen LogP contribution in [-0.2, 0) is 11.2 Å². The summed E-state index contributed by atoms with van der Waals surface area (Å²) in [4.78, 5) is 23.3. The number of benzene rings is 1. The number of methoxy groups -OCH3 is 2. The summed E-state index contributed by atoms with van der Waals surface area (Å²) in [7, 11) is 3.12. The molecule has 6 heteroatoms. The summed E-state index contributed by atoms with van der Waals surface area (Å²) in [6.45, 7) is 1.87. The Balaban J connectivity index is 2.29. The van der Waals surface area contributed by atoms with Gasteiger partial charge in [-0.3, -0.25) is 10.1 Å². The number of hydrogen-bond donors (Lipinski definition) is 2. The molecule has 0 saturated carbocycles. The molecule has 1 aliphatic rings. The Labute approximate surface area is 117 Å². The smallest absolute Gasteiger partial charge is 0.322 e. The third-order valence-corrected chi connectivity index (χ3v) is 3.57. The molecule has 3 amide bonds. The first kappa shape index (κ1) is 14.2. The predicted octanol–water partition coefficient (Wildman–Crippen LogP) is 1.23. The third kappa shape index (κ3) is 2.41. The Morgan fingerprint density at radius 1 is 1.15 bits per heavy atom. The zero-order valence-corrected chi connectivity index (χ0v) is 11.8. The lowest BCUT2D eigenvalue weighted by Gasteiger charge is -2.24. The van der Waals surface area contributed by atoms with Crippen molar-refractivity contribution in [2.75, 3.05) is 14.2 Å². The molecular weight excluding hydrogens is 260 g/mol. The number of imide groups is 1. The van der Waals surface area contributed by atoms with Crippen LogP contribution >= 0.6 is 0 Å². The van der Waals surface area contributed by atoms with Gasteiger partial charge in [-0.1, -0.05) is 13.0 Å². The lowest BCUT2D eigenvalue weighted by Crippen LogP contribution is -2.48. The summed E-state index contributed by atoms with van der Waals surface area (Å²) in [6.07, 6.45) is 0.917. The van der Waals surface area contributed by atoms with Crippen molar-refractivity contribution in [2.45, 2.75) is 25.3 Å². The van der Waals surface area contributed by atoms with Crippen LogP contribution in [0.3, 0.4) is 0 Å². The number of carbonyl (C=O) groups excluding carboxylic acids is 2. The largest absolute Gasteiger partial charge is 0.493 e. The fourth-order valence-electron chi connectivity index (χ4n) is 2.37. The summed E-state index contributed by atoms with van der Waals surface area (Å²) in [5.74, 6) is 0.933. The Kier molecular flexibility index (Phi) is 3.83. The molecule has 1 atom stereocenters. The van der Waals surface area contributed by atoms with Gasteiger partial charge < -0.3 is 14.8 Å². The van der Waals surface area contributed by atoms with Crippen molar-refractivity contribution < 1.29 is 19.1 Å². The van der Waals surface area contributed by atoms with Crippen molar-refractivity contribution in [1.82, 2.24) is 10.6 Å². The molecule has 0 aliphatic carbocycles. The van der Waals surface area contributed by atoms with Crippen LogP contribution in [0.1, 0.15) is 18.9 Å². The Morgan fingerprint density at radius 3 is 2.35 bits per heavy atom. The van der Waals surface area contributed by atoms with Gasteiger partial charge in [-0.2, -0.15) is 0 Å². The van der Waals surface area contributed by atoms with Gasteiger partial charge >= 0.3 is 6.03 Å². The van der Waals surface area contributed by atoms with Gasteiger partial charge in [-0.05, 0) is 24.1 Å². The number of rotatable bonds is 5. The van der Waals surface area contributed by atoms with Gasteiger partial charge in [-0.25, -0.2) is 4.79 Å². The van der Waals surface area contributed by atoms with Gasteiger partial charge in [0, 0.05) is 6.42 Å². The van der Waals surface area contributed by atoms with E-state index in [9.17, 15) is 9.59 Å². The van der Waals surface area contributed by atoms with Crippen LogP contribution in [-0.4, -0.2) is 31.7 Å². The summed E-state index contributed by atoms with van der Waals surface area (Å²) in [5, 5.41) is 4.99. The molecule has 1 heterocycles. The molecule has 2 N–H and O–H groups in total. The minimum absolute atomic E-state index is 0.292. The van der Waals surface area contributed by atoms with Crippen LogP contribution in [0.5, 0.6) is 11.5 Å². The molecule has 1 aromatic rings. The summed E-state index contributed by atoms with van der Waals surface area (Å²) in [6, 6.07) is 5.01. The van der Waals surface area contributed by atoms with Gasteiger partial charge in [0.1, 0.15) is 5.54 Å². The van der Waals surface area contributed by atoms with Gasteiger partial charge in [0.25, 0.3) is 5.91 Å². The Hall–Kier alpha value is -2.24. The third-order valence-electron chi connectivity index (χ3n) is 3.57. The highest BCUT2D eigenvalue weighted by molar-refractivity contribution is 6.07. The molecule has 1 fully saturated rings. The van der Waals surface area contributed by atoms with Gasteiger partial charge in [0.15, 0.2) is 11.5 Å². The standard InChI is InChI=1S/C14H18N2O4/c1-4-14(12(17)15-13(18)16-14)8-9-5-6-10(19-2)11(7-9)20-3/h5-7H,4,8H2,1-3H3,(H2,15,16,17,18). The minimum atomic E-state index is -0.892. The molecule has 0 radical (unpaired) electrons. The number of nitrogens with one attached hydrogen (secondary N) is 2.